The maximum absolute atomic E-state index is 12.7. The van der Waals surface area contributed by atoms with Crippen LogP contribution in [0.3, 0.4) is 0 Å². The molecule has 896 valence electrons. The lowest BCUT2D eigenvalue weighted by atomic mass is 9.62. The molecule has 0 aromatic heterocycles. The zero-order valence-corrected chi connectivity index (χ0v) is 87.8. The van der Waals surface area contributed by atoms with E-state index in [0.717, 1.165) is 185 Å². The first-order valence-corrected chi connectivity index (χ1v) is 54.0. The quantitative estimate of drug-likeness (QED) is 0.0541. The molecule has 0 aliphatic heterocycles. The van der Waals surface area contributed by atoms with Crippen LogP contribution >= 0.6 is 0 Å². The summed E-state index contributed by atoms with van der Waals surface area (Å²) in [4.78, 5) is 86.2. The molecule has 14 nitrogen and oxygen atoms in total. The fraction of sp³-hybridized carbons (Fsp3) is 0.904. The van der Waals surface area contributed by atoms with Crippen LogP contribution in [0.15, 0.2) is 30.3 Å². The number of hydrogen-bond acceptors (Lipinski definition) is 14. The van der Waals surface area contributed by atoms with Crippen molar-refractivity contribution < 1.29 is 66.7 Å². The van der Waals surface area contributed by atoms with Crippen LogP contribution in [-0.4, -0.2) is 75.4 Å². The molecule has 0 spiro atoms. The number of hydrogen-bond donors (Lipinski definition) is 0. The van der Waals surface area contributed by atoms with Crippen molar-refractivity contribution in [1.29, 1.82) is 0 Å². The first-order valence-electron chi connectivity index (χ1n) is 54.0. The summed E-state index contributed by atoms with van der Waals surface area (Å²) in [6.45, 7) is 57.2. The van der Waals surface area contributed by atoms with E-state index < -0.39 is 5.41 Å². The van der Waals surface area contributed by atoms with Gasteiger partial charge in [0, 0.05) is 17.8 Å². The van der Waals surface area contributed by atoms with Crippen molar-refractivity contribution in [3.8, 4) is 0 Å². The molecule has 10 bridgehead atoms. The summed E-state index contributed by atoms with van der Waals surface area (Å²) in [5.74, 6) is 14.5. The smallest absolute Gasteiger partial charge is 0.312 e. The van der Waals surface area contributed by atoms with Crippen LogP contribution in [0, 0.1) is 144 Å². The lowest BCUT2D eigenvalue weighted by Crippen LogP contribution is -2.49. The van der Waals surface area contributed by atoms with Gasteiger partial charge in [-0.15, -0.1) is 0 Å². The summed E-state index contributed by atoms with van der Waals surface area (Å²) in [6.07, 6.45) is 50.3. The van der Waals surface area contributed by atoms with Crippen molar-refractivity contribution in [2.75, 3.05) is 0 Å². The highest BCUT2D eigenvalue weighted by atomic mass is 16.6. The van der Waals surface area contributed by atoms with Gasteiger partial charge in [0.1, 0.15) is 39.7 Å². The van der Waals surface area contributed by atoms with Crippen LogP contribution < -0.4 is 0 Å². The molecule has 149 heavy (non-hydrogen) atoms. The van der Waals surface area contributed by atoms with Crippen LogP contribution in [0.25, 0.3) is 0 Å². The number of carbonyl (C=O) groups excluding carboxylic acids is 7. The Labute approximate surface area is 934 Å². The summed E-state index contributed by atoms with van der Waals surface area (Å²) in [5.41, 5.74) is -2.38. The SMILES string of the molecule is C.C.C.C.C.C.C.C.C.C.C.C.C.C.C.C.C.C.C.C.CCC(C)(C)C(=O)OC(C)c1ccccc1.CCC(C)(C)C(=O)OC1(C)CC2CC1C1CCCC21.CCC(C)(C)C(=O)OC1(C)CC2CCC1CC2.CCC(C)(C)C(=O)OC1(C)CCC2CCCCC2C1.CCC(C)(C)C(=O)OC1(C)CCCC2CCCCC21.CCC(C)(C)C(=O)OC1(CC)CC2CC1C1C3CCC(C3)C21.CCC(C)(C)C(=O)OC1(CC)CC2CCC1C2. The van der Waals surface area contributed by atoms with Crippen LogP contribution in [0.1, 0.15) is 624 Å². The zero-order valence-electron chi connectivity index (χ0n) is 87.8. The summed E-state index contributed by atoms with van der Waals surface area (Å²) in [7, 11) is 0. The molecule has 0 N–H and O–H groups in total. The van der Waals surface area contributed by atoms with Crippen LogP contribution in [-0.2, 0) is 66.7 Å². The Morgan fingerprint density at radius 2 is 0.664 bits per heavy atom. The molecular weight excluding hydrogens is 1850 g/mol. The number of benzene rings is 1. The molecule has 23 unspecified atom stereocenters. The minimum atomic E-state index is -0.400. The lowest BCUT2D eigenvalue weighted by molar-refractivity contribution is -0.187. The third kappa shape index (κ3) is 38.1. The molecule has 1 aromatic carbocycles. The van der Waals surface area contributed by atoms with Crippen molar-refractivity contribution in [1.82, 2.24) is 0 Å². The number of ether oxygens (including phenoxy) is 7. The van der Waals surface area contributed by atoms with Crippen molar-refractivity contribution in [2.45, 2.75) is 652 Å². The molecule has 17 rings (SSSR count). The standard InChI is InChI=1S/C20H32O2.C17H28O2.2C17H30O2.2C15H26O2.C14H20O2.20CH4/c1-5-19(3,4)18(21)22-20(6-2)11-14-10-15(20)17-13-8-7-12(9-13)16(14)17;1-5-16(2,3)15(18)19-17(4)10-11-9-14(17)13-8-6-7-12(11)13;1-5-16(2,3)15(18)19-17(4)12-8-10-13-9-6-7-11-14(13)17;1-5-16(2,3)15(18)19-17(4)11-10-13-8-6-7-9-14(13)12-17;1-5-14(2,3)13(16)17-15(4)10-11-6-8-12(15)9-7-11;1-5-14(3,4)13(16)17-15(6-2)10-11-7-8-12(15)9-11;1-5-14(3,4)13(15)16-11(2)12-9-7-6-8-10-12;;;;;;;;;;;;;;;;;;;;/h12-17H,5-11H2,1-4H3;11-14H,5-10H2,1-4H3;2*13-14H,5-12H2,1-4H3;2*11-12H,5-10H2,1-4H3;6-11H,5H2,1-4H3;20*1H4. The Kier molecular flexibility index (Phi) is 75.1. The van der Waals surface area contributed by atoms with E-state index in [0.29, 0.717) is 29.6 Å². The van der Waals surface area contributed by atoms with Crippen molar-refractivity contribution >= 4 is 41.8 Å². The minimum Gasteiger partial charge on any atom is -0.459 e. The molecule has 0 heterocycles. The van der Waals surface area contributed by atoms with Crippen molar-refractivity contribution in [3.05, 3.63) is 35.9 Å². The van der Waals surface area contributed by atoms with Gasteiger partial charge in [0.25, 0.3) is 0 Å². The maximum Gasteiger partial charge on any atom is 0.312 e. The number of carbonyl (C=O) groups is 7. The van der Waals surface area contributed by atoms with E-state index in [1.807, 2.05) is 141 Å². The largest absolute Gasteiger partial charge is 0.459 e. The average molecular weight is 2120 g/mol. The van der Waals surface area contributed by atoms with Gasteiger partial charge in [-0.25, -0.2) is 0 Å². The number of rotatable bonds is 24. The molecule has 0 radical (unpaired) electrons. The Hall–Kier alpha value is -4.49. The number of fused-ring (bicyclic) bond motifs is 21. The fourth-order valence-corrected chi connectivity index (χ4v) is 27.4. The zero-order chi connectivity index (χ0) is 95.3. The third-order valence-electron chi connectivity index (χ3n) is 39.4. The normalized spacial score (nSPS) is 31.7. The van der Waals surface area contributed by atoms with Gasteiger partial charge in [-0.3, -0.25) is 33.6 Å². The van der Waals surface area contributed by atoms with E-state index in [2.05, 4.69) is 83.1 Å². The van der Waals surface area contributed by atoms with Crippen molar-refractivity contribution in [2.24, 2.45) is 144 Å². The Balaban J connectivity index is -0.000000162. The molecule has 1 aromatic rings. The van der Waals surface area contributed by atoms with Gasteiger partial charge in [-0.2, -0.15) is 0 Å². The van der Waals surface area contributed by atoms with Gasteiger partial charge in [0.15, 0.2) is 0 Å². The maximum atomic E-state index is 12.7. The summed E-state index contributed by atoms with van der Waals surface area (Å²) in [6, 6.07) is 9.79. The second-order valence-corrected chi connectivity index (χ2v) is 50.6. The van der Waals surface area contributed by atoms with Crippen molar-refractivity contribution in [3.63, 3.8) is 0 Å². The van der Waals surface area contributed by atoms with E-state index in [1.54, 1.807) is 0 Å². The molecule has 16 fully saturated rings. The highest BCUT2D eigenvalue weighted by Crippen LogP contribution is 2.72. The topological polar surface area (TPSA) is 184 Å². The van der Waals surface area contributed by atoms with Gasteiger partial charge in [0.05, 0.1) is 37.9 Å². The van der Waals surface area contributed by atoms with Crippen LogP contribution in [0.5, 0.6) is 0 Å². The number of esters is 7. The molecule has 0 amide bonds. The molecule has 23 atom stereocenters. The highest BCUT2D eigenvalue weighted by Gasteiger charge is 2.69. The van der Waals surface area contributed by atoms with Crippen LogP contribution in [0.4, 0.5) is 0 Å². The van der Waals surface area contributed by atoms with Gasteiger partial charge in [-0.05, 0) is 444 Å². The first-order chi connectivity index (χ1) is 60.3. The van der Waals surface area contributed by atoms with Crippen LogP contribution in [0.2, 0.25) is 0 Å². The fourth-order valence-electron chi connectivity index (χ4n) is 27.4. The summed E-state index contributed by atoms with van der Waals surface area (Å²) in [5, 5.41) is 0. The monoisotopic (exact) mass is 2120 g/mol. The molecule has 0 saturated heterocycles. The lowest BCUT2D eigenvalue weighted by Gasteiger charge is -2.49. The average Bonchev–Trinajstić information content (AvgIpc) is 1.54. The minimum absolute atomic E-state index is 0. The molecule has 16 aliphatic rings. The van der Waals surface area contributed by atoms with E-state index >= 15 is 0 Å². The predicted octanol–water partition coefficient (Wildman–Crippen LogP) is 42.7. The van der Waals surface area contributed by atoms with E-state index in [9.17, 15) is 33.6 Å². The Morgan fingerprint density at radius 1 is 0.282 bits per heavy atom. The van der Waals surface area contributed by atoms with E-state index in [1.165, 1.54) is 167 Å². The second-order valence-electron chi connectivity index (χ2n) is 50.6. The van der Waals surface area contributed by atoms with Gasteiger partial charge < -0.3 is 33.2 Å². The molecule has 16 saturated carbocycles. The third-order valence-corrected chi connectivity index (χ3v) is 39.4. The molecular formula is C135H272O14. The summed E-state index contributed by atoms with van der Waals surface area (Å²) < 4.78 is 41.8. The molecule has 14 heteroatoms. The van der Waals surface area contributed by atoms with E-state index in [4.69, 9.17) is 33.2 Å². The van der Waals surface area contributed by atoms with Gasteiger partial charge in [0.2, 0.25) is 0 Å². The predicted molar refractivity (Wildman–Crippen MR) is 655 cm³/mol. The first kappa shape index (κ1) is 167. The highest BCUT2D eigenvalue weighted by molar-refractivity contribution is 5.79. The Bertz CT molecular complexity index is 3850. The Morgan fingerprint density at radius 3 is 1.10 bits per heavy atom. The molecule has 16 aliphatic carbocycles. The van der Waals surface area contributed by atoms with Gasteiger partial charge in [-0.1, -0.05) is 293 Å². The second kappa shape index (κ2) is 67.0. The van der Waals surface area contributed by atoms with E-state index in [-0.39, 0.29) is 263 Å². The van der Waals surface area contributed by atoms with Gasteiger partial charge >= 0.3 is 41.8 Å². The summed E-state index contributed by atoms with van der Waals surface area (Å²) >= 11 is 0.